The van der Waals surface area contributed by atoms with Crippen LogP contribution in [0.2, 0.25) is 0 Å². The molecule has 1 aliphatic carbocycles. The molecule has 0 bridgehead atoms. The molecular formula is C11H4O2S3. The third-order valence-electron chi connectivity index (χ3n) is 2.41. The maximum atomic E-state index is 12.1. The highest BCUT2D eigenvalue weighted by Gasteiger charge is 2.31. The number of benzene rings is 1. The molecule has 1 aromatic carbocycles. The Morgan fingerprint density at radius 1 is 0.875 bits per heavy atom. The molecule has 0 spiro atoms. The van der Waals surface area contributed by atoms with Gasteiger partial charge in [0.1, 0.15) is 3.14 Å². The molecule has 16 heavy (non-hydrogen) atoms. The maximum Gasteiger partial charge on any atom is 0.205 e. The summed E-state index contributed by atoms with van der Waals surface area (Å²) < 4.78 is 0.625. The molecule has 2 aromatic rings. The van der Waals surface area contributed by atoms with Gasteiger partial charge in [0.05, 0.1) is 9.75 Å². The summed E-state index contributed by atoms with van der Waals surface area (Å²) in [6.45, 7) is 0. The first kappa shape index (κ1) is 10.0. The SMILES string of the molecule is O=C1c2ccccc2C(=O)c2sc(=S)sc21. The van der Waals surface area contributed by atoms with E-state index in [1.54, 1.807) is 24.3 Å². The molecule has 0 N–H and O–H groups in total. The van der Waals surface area contributed by atoms with Gasteiger partial charge in [0, 0.05) is 11.1 Å². The fourth-order valence-corrected chi connectivity index (χ4v) is 4.23. The predicted molar refractivity (Wildman–Crippen MR) is 66.3 cm³/mol. The molecule has 0 radical (unpaired) electrons. The molecule has 0 aliphatic heterocycles. The van der Waals surface area contributed by atoms with Gasteiger partial charge in [-0.1, -0.05) is 36.5 Å². The number of hydrogen-bond donors (Lipinski definition) is 0. The normalized spacial score (nSPS) is 13.5. The Balaban J connectivity index is 2.38. The fourth-order valence-electron chi connectivity index (χ4n) is 1.70. The lowest BCUT2D eigenvalue weighted by Crippen LogP contribution is -2.17. The smallest absolute Gasteiger partial charge is 0.205 e. The summed E-state index contributed by atoms with van der Waals surface area (Å²) in [5.41, 5.74) is 0.980. The van der Waals surface area contributed by atoms with E-state index in [0.717, 1.165) is 0 Å². The average molecular weight is 264 g/mol. The molecule has 2 nitrogen and oxygen atoms in total. The van der Waals surface area contributed by atoms with E-state index in [2.05, 4.69) is 0 Å². The van der Waals surface area contributed by atoms with Crippen molar-refractivity contribution in [1.82, 2.24) is 0 Å². The molecule has 0 saturated heterocycles. The lowest BCUT2D eigenvalue weighted by Gasteiger charge is -2.12. The molecular weight excluding hydrogens is 260 g/mol. The summed E-state index contributed by atoms with van der Waals surface area (Å²) in [4.78, 5) is 25.2. The van der Waals surface area contributed by atoms with Gasteiger partial charge in [-0.2, -0.15) is 0 Å². The number of fused-ring (bicyclic) bond motifs is 2. The van der Waals surface area contributed by atoms with Crippen molar-refractivity contribution in [3.63, 3.8) is 0 Å². The maximum absolute atomic E-state index is 12.1. The Labute approximate surface area is 104 Å². The largest absolute Gasteiger partial charge is 0.288 e. The number of hydrogen-bond acceptors (Lipinski definition) is 5. The van der Waals surface area contributed by atoms with Crippen LogP contribution in [0.25, 0.3) is 0 Å². The second kappa shape index (κ2) is 3.41. The third kappa shape index (κ3) is 1.25. The second-order valence-corrected chi connectivity index (χ2v) is 6.54. The van der Waals surface area contributed by atoms with Gasteiger partial charge in [0.15, 0.2) is 0 Å². The molecule has 0 unspecified atom stereocenters. The molecule has 1 heterocycles. The topological polar surface area (TPSA) is 34.1 Å². The molecule has 78 valence electrons. The fraction of sp³-hybridized carbons (Fsp3) is 0. The van der Waals surface area contributed by atoms with Crippen LogP contribution >= 0.6 is 34.9 Å². The van der Waals surface area contributed by atoms with E-state index in [1.807, 2.05) is 0 Å². The lowest BCUT2D eigenvalue weighted by molar-refractivity contribution is 0.0985. The minimum absolute atomic E-state index is 0.0810. The number of carbonyl (C=O) groups excluding carboxylic acids is 2. The van der Waals surface area contributed by atoms with Crippen molar-refractivity contribution in [1.29, 1.82) is 0 Å². The number of ketones is 2. The number of carbonyl (C=O) groups is 2. The standard InChI is InChI=1S/C11H4O2S3/c12-7-5-3-1-2-4-6(5)8(13)10-9(7)15-11(14)16-10/h1-4H. The van der Waals surface area contributed by atoms with Crippen LogP contribution in [-0.4, -0.2) is 11.6 Å². The highest BCUT2D eigenvalue weighted by Crippen LogP contribution is 2.34. The average Bonchev–Trinajstić information content (AvgIpc) is 2.68. The highest BCUT2D eigenvalue weighted by molar-refractivity contribution is 7.76. The first-order valence-corrected chi connectivity index (χ1v) is 6.55. The quantitative estimate of drug-likeness (QED) is 0.584. The van der Waals surface area contributed by atoms with Crippen molar-refractivity contribution in [3.8, 4) is 0 Å². The molecule has 1 aromatic heterocycles. The summed E-state index contributed by atoms with van der Waals surface area (Å²) >= 11 is 7.49. The Hall–Kier alpha value is -1.17. The van der Waals surface area contributed by atoms with Gasteiger partial charge in [0.25, 0.3) is 0 Å². The first-order valence-electron chi connectivity index (χ1n) is 4.51. The van der Waals surface area contributed by atoms with Crippen LogP contribution in [0.5, 0.6) is 0 Å². The zero-order valence-corrected chi connectivity index (χ0v) is 10.3. The van der Waals surface area contributed by atoms with Crippen LogP contribution < -0.4 is 0 Å². The Bertz CT molecular complexity index is 623. The highest BCUT2D eigenvalue weighted by atomic mass is 32.2. The molecule has 5 heteroatoms. The van der Waals surface area contributed by atoms with Crippen LogP contribution in [0.3, 0.4) is 0 Å². The minimum atomic E-state index is -0.0810. The van der Waals surface area contributed by atoms with Crippen LogP contribution in [0.1, 0.15) is 30.5 Å². The van der Waals surface area contributed by atoms with E-state index < -0.39 is 0 Å². The molecule has 0 saturated carbocycles. The summed E-state index contributed by atoms with van der Waals surface area (Å²) in [5, 5.41) is 0. The van der Waals surface area contributed by atoms with E-state index in [0.29, 0.717) is 24.0 Å². The van der Waals surface area contributed by atoms with Crippen molar-refractivity contribution in [2.24, 2.45) is 0 Å². The zero-order chi connectivity index (χ0) is 11.3. The van der Waals surface area contributed by atoms with Crippen molar-refractivity contribution in [3.05, 3.63) is 48.3 Å². The Morgan fingerprint density at radius 3 is 1.75 bits per heavy atom. The van der Waals surface area contributed by atoms with Crippen LogP contribution in [0.15, 0.2) is 24.3 Å². The van der Waals surface area contributed by atoms with E-state index >= 15 is 0 Å². The summed E-state index contributed by atoms with van der Waals surface area (Å²) in [5.74, 6) is -0.162. The van der Waals surface area contributed by atoms with Crippen LogP contribution in [0.4, 0.5) is 0 Å². The molecule has 0 fully saturated rings. The van der Waals surface area contributed by atoms with Gasteiger partial charge >= 0.3 is 0 Å². The van der Waals surface area contributed by atoms with Gasteiger partial charge in [-0.3, -0.25) is 9.59 Å². The van der Waals surface area contributed by atoms with Crippen molar-refractivity contribution in [2.75, 3.05) is 0 Å². The van der Waals surface area contributed by atoms with Gasteiger partial charge in [0.2, 0.25) is 11.6 Å². The van der Waals surface area contributed by atoms with E-state index in [1.165, 1.54) is 22.7 Å². The Morgan fingerprint density at radius 2 is 1.31 bits per heavy atom. The van der Waals surface area contributed by atoms with Crippen LogP contribution in [-0.2, 0) is 0 Å². The molecule has 3 rings (SSSR count). The lowest BCUT2D eigenvalue weighted by atomic mass is 9.93. The Kier molecular flexibility index (Phi) is 2.14. The summed E-state index contributed by atoms with van der Waals surface area (Å²) in [6.07, 6.45) is 0. The monoisotopic (exact) mass is 264 g/mol. The minimum Gasteiger partial charge on any atom is -0.288 e. The summed E-state index contributed by atoms with van der Waals surface area (Å²) in [7, 11) is 0. The van der Waals surface area contributed by atoms with Crippen molar-refractivity contribution >= 4 is 46.5 Å². The summed E-state index contributed by atoms with van der Waals surface area (Å²) in [6, 6.07) is 6.90. The van der Waals surface area contributed by atoms with E-state index in [4.69, 9.17) is 12.2 Å². The molecule has 0 atom stereocenters. The zero-order valence-electron chi connectivity index (χ0n) is 7.85. The molecule has 0 amide bonds. The van der Waals surface area contributed by atoms with Crippen molar-refractivity contribution in [2.45, 2.75) is 0 Å². The van der Waals surface area contributed by atoms with Gasteiger partial charge in [-0.05, 0) is 0 Å². The number of rotatable bonds is 0. The van der Waals surface area contributed by atoms with Gasteiger partial charge in [-0.25, -0.2) is 0 Å². The van der Waals surface area contributed by atoms with Gasteiger partial charge < -0.3 is 0 Å². The molecule has 1 aliphatic rings. The van der Waals surface area contributed by atoms with E-state index in [9.17, 15) is 9.59 Å². The van der Waals surface area contributed by atoms with Crippen molar-refractivity contribution < 1.29 is 9.59 Å². The predicted octanol–water partition coefficient (Wildman–Crippen LogP) is 3.31. The van der Waals surface area contributed by atoms with Gasteiger partial charge in [-0.15, -0.1) is 22.7 Å². The first-order chi connectivity index (χ1) is 7.68. The third-order valence-corrected chi connectivity index (χ3v) is 5.06. The second-order valence-electron chi connectivity index (χ2n) is 3.32. The van der Waals surface area contributed by atoms with Crippen LogP contribution in [0, 0.1) is 3.14 Å². The van der Waals surface area contributed by atoms with E-state index in [-0.39, 0.29) is 11.6 Å².